The monoisotopic (exact) mass is 278 g/mol. The SMILES string of the molecule is CC1(C)COC(c2cccc(C#N)c2Br)=N1. The number of nitriles is 1. The molecule has 0 aliphatic carbocycles. The molecule has 0 aromatic heterocycles. The predicted molar refractivity (Wildman–Crippen MR) is 65.4 cm³/mol. The fourth-order valence-electron chi connectivity index (χ4n) is 1.51. The number of aliphatic imine (C=N–C) groups is 1. The van der Waals surface area contributed by atoms with Crippen LogP contribution in [0.25, 0.3) is 0 Å². The maximum Gasteiger partial charge on any atom is 0.218 e. The molecule has 2 rings (SSSR count). The molecule has 0 saturated heterocycles. The number of nitrogens with zero attached hydrogens (tertiary/aromatic N) is 2. The molecule has 0 amide bonds. The number of halogens is 1. The zero-order chi connectivity index (χ0) is 11.8. The van der Waals surface area contributed by atoms with Crippen molar-refractivity contribution in [1.29, 1.82) is 5.26 Å². The predicted octanol–water partition coefficient (Wildman–Crippen LogP) is 2.88. The molecule has 0 N–H and O–H groups in total. The van der Waals surface area contributed by atoms with Crippen molar-refractivity contribution in [2.45, 2.75) is 19.4 Å². The van der Waals surface area contributed by atoms with E-state index >= 15 is 0 Å². The molecule has 1 heterocycles. The third-order valence-electron chi connectivity index (χ3n) is 2.32. The molecule has 1 aromatic rings. The van der Waals surface area contributed by atoms with Gasteiger partial charge < -0.3 is 4.74 Å². The number of rotatable bonds is 1. The molecule has 1 aromatic carbocycles. The van der Waals surface area contributed by atoms with E-state index in [1.165, 1.54) is 0 Å². The lowest BCUT2D eigenvalue weighted by atomic mass is 10.1. The summed E-state index contributed by atoms with van der Waals surface area (Å²) in [6.07, 6.45) is 0. The highest BCUT2D eigenvalue weighted by Crippen LogP contribution is 2.27. The van der Waals surface area contributed by atoms with E-state index in [0.29, 0.717) is 18.1 Å². The van der Waals surface area contributed by atoms with E-state index in [1.807, 2.05) is 26.0 Å². The first-order valence-corrected chi connectivity index (χ1v) is 5.74. The number of hydrogen-bond acceptors (Lipinski definition) is 3. The highest BCUT2D eigenvalue weighted by Gasteiger charge is 2.28. The number of benzene rings is 1. The highest BCUT2D eigenvalue weighted by molar-refractivity contribution is 9.10. The molecule has 16 heavy (non-hydrogen) atoms. The Labute approximate surface area is 103 Å². The van der Waals surface area contributed by atoms with Gasteiger partial charge in [-0.1, -0.05) is 6.07 Å². The quantitative estimate of drug-likeness (QED) is 0.793. The lowest BCUT2D eigenvalue weighted by Gasteiger charge is -2.07. The lowest BCUT2D eigenvalue weighted by molar-refractivity contribution is 0.279. The summed E-state index contributed by atoms with van der Waals surface area (Å²) in [5, 5.41) is 8.93. The largest absolute Gasteiger partial charge is 0.475 e. The molecule has 0 atom stereocenters. The fourth-order valence-corrected chi connectivity index (χ4v) is 2.03. The second-order valence-corrected chi connectivity index (χ2v) is 5.09. The minimum atomic E-state index is -0.183. The Morgan fingerprint density at radius 3 is 2.81 bits per heavy atom. The summed E-state index contributed by atoms with van der Waals surface area (Å²) >= 11 is 3.41. The molecule has 0 saturated carbocycles. The van der Waals surface area contributed by atoms with Gasteiger partial charge in [0.05, 0.1) is 16.7 Å². The van der Waals surface area contributed by atoms with E-state index in [0.717, 1.165) is 10.0 Å². The van der Waals surface area contributed by atoms with Gasteiger partial charge in [-0.25, -0.2) is 4.99 Å². The first kappa shape index (κ1) is 11.2. The summed E-state index contributed by atoms with van der Waals surface area (Å²) in [5.74, 6) is 0.606. The molecule has 3 nitrogen and oxygen atoms in total. The topological polar surface area (TPSA) is 45.4 Å². The van der Waals surface area contributed by atoms with Crippen LogP contribution in [0.15, 0.2) is 27.7 Å². The average molecular weight is 279 g/mol. The van der Waals surface area contributed by atoms with Crippen LogP contribution in [0.1, 0.15) is 25.0 Å². The summed E-state index contributed by atoms with van der Waals surface area (Å²) in [4.78, 5) is 4.48. The Kier molecular flexibility index (Phi) is 2.73. The van der Waals surface area contributed by atoms with Crippen LogP contribution in [-0.4, -0.2) is 18.0 Å². The maximum absolute atomic E-state index is 8.93. The maximum atomic E-state index is 8.93. The zero-order valence-corrected chi connectivity index (χ0v) is 10.7. The van der Waals surface area contributed by atoms with Crippen molar-refractivity contribution in [3.05, 3.63) is 33.8 Å². The average Bonchev–Trinajstić information content (AvgIpc) is 2.59. The van der Waals surface area contributed by atoms with Crippen LogP contribution in [0.2, 0.25) is 0 Å². The molecular formula is C12H11BrN2O. The molecule has 0 unspecified atom stereocenters. The smallest absolute Gasteiger partial charge is 0.218 e. The summed E-state index contributed by atoms with van der Waals surface area (Å²) in [6, 6.07) is 7.60. The Hall–Kier alpha value is -1.34. The van der Waals surface area contributed by atoms with Gasteiger partial charge in [0.2, 0.25) is 5.90 Å². The normalized spacial score (nSPS) is 17.5. The van der Waals surface area contributed by atoms with E-state index in [4.69, 9.17) is 10.00 Å². The summed E-state index contributed by atoms with van der Waals surface area (Å²) in [7, 11) is 0. The minimum Gasteiger partial charge on any atom is -0.475 e. The third-order valence-corrected chi connectivity index (χ3v) is 3.17. The van der Waals surface area contributed by atoms with Crippen molar-refractivity contribution < 1.29 is 4.74 Å². The zero-order valence-electron chi connectivity index (χ0n) is 9.12. The summed E-state index contributed by atoms with van der Waals surface area (Å²) in [6.45, 7) is 4.61. The Morgan fingerprint density at radius 1 is 1.50 bits per heavy atom. The van der Waals surface area contributed by atoms with Gasteiger partial charge in [0.1, 0.15) is 12.7 Å². The van der Waals surface area contributed by atoms with E-state index in [9.17, 15) is 0 Å². The molecule has 0 fully saturated rings. The second kappa shape index (κ2) is 3.91. The standard InChI is InChI=1S/C12H11BrN2O/c1-12(2)7-16-11(15-12)9-5-3-4-8(6-14)10(9)13/h3-5H,7H2,1-2H3. The Bertz CT molecular complexity index is 500. The molecular weight excluding hydrogens is 268 g/mol. The molecule has 82 valence electrons. The van der Waals surface area contributed by atoms with Gasteiger partial charge in [0.15, 0.2) is 0 Å². The lowest BCUT2D eigenvalue weighted by Crippen LogP contribution is -2.17. The third kappa shape index (κ3) is 1.96. The van der Waals surface area contributed by atoms with E-state index in [1.54, 1.807) is 6.07 Å². The fraction of sp³-hybridized carbons (Fsp3) is 0.333. The van der Waals surface area contributed by atoms with Crippen molar-refractivity contribution in [2.24, 2.45) is 4.99 Å². The summed E-state index contributed by atoms with van der Waals surface area (Å²) in [5.41, 5.74) is 1.25. The van der Waals surface area contributed by atoms with Gasteiger partial charge in [-0.15, -0.1) is 0 Å². The van der Waals surface area contributed by atoms with E-state index < -0.39 is 0 Å². The number of ether oxygens (including phenoxy) is 1. The molecule has 0 spiro atoms. The first-order chi connectivity index (χ1) is 7.53. The van der Waals surface area contributed by atoms with Crippen LogP contribution in [0, 0.1) is 11.3 Å². The highest BCUT2D eigenvalue weighted by atomic mass is 79.9. The van der Waals surface area contributed by atoms with Gasteiger partial charge in [0, 0.05) is 4.47 Å². The van der Waals surface area contributed by atoms with Crippen LogP contribution in [-0.2, 0) is 4.74 Å². The Morgan fingerprint density at radius 2 is 2.25 bits per heavy atom. The van der Waals surface area contributed by atoms with Crippen LogP contribution in [0.4, 0.5) is 0 Å². The van der Waals surface area contributed by atoms with Crippen LogP contribution in [0.3, 0.4) is 0 Å². The molecule has 0 radical (unpaired) electrons. The minimum absolute atomic E-state index is 0.183. The molecule has 0 bridgehead atoms. The first-order valence-electron chi connectivity index (χ1n) is 4.95. The van der Waals surface area contributed by atoms with Gasteiger partial charge in [0.25, 0.3) is 0 Å². The van der Waals surface area contributed by atoms with Crippen molar-refractivity contribution in [1.82, 2.24) is 0 Å². The van der Waals surface area contributed by atoms with Gasteiger partial charge in [-0.2, -0.15) is 5.26 Å². The summed E-state index contributed by atoms with van der Waals surface area (Å²) < 4.78 is 6.29. The number of hydrogen-bond donors (Lipinski definition) is 0. The van der Waals surface area contributed by atoms with Crippen molar-refractivity contribution in [3.63, 3.8) is 0 Å². The Balaban J connectivity index is 2.48. The van der Waals surface area contributed by atoms with E-state index in [-0.39, 0.29) is 5.54 Å². The van der Waals surface area contributed by atoms with Crippen molar-refractivity contribution in [3.8, 4) is 6.07 Å². The van der Waals surface area contributed by atoms with Crippen LogP contribution >= 0.6 is 15.9 Å². The van der Waals surface area contributed by atoms with Crippen molar-refractivity contribution >= 4 is 21.8 Å². The van der Waals surface area contributed by atoms with Gasteiger partial charge in [-0.3, -0.25) is 0 Å². The molecule has 4 heteroatoms. The molecule has 1 aliphatic rings. The van der Waals surface area contributed by atoms with Crippen LogP contribution in [0.5, 0.6) is 0 Å². The van der Waals surface area contributed by atoms with Gasteiger partial charge in [-0.05, 0) is 41.9 Å². The van der Waals surface area contributed by atoms with E-state index in [2.05, 4.69) is 27.0 Å². The molecule has 1 aliphatic heterocycles. The van der Waals surface area contributed by atoms with Gasteiger partial charge >= 0.3 is 0 Å². The van der Waals surface area contributed by atoms with Crippen molar-refractivity contribution in [2.75, 3.05) is 6.61 Å². The van der Waals surface area contributed by atoms with Crippen LogP contribution < -0.4 is 0 Å². The second-order valence-electron chi connectivity index (χ2n) is 4.30.